The van der Waals surface area contributed by atoms with Gasteiger partial charge >= 0.3 is 6.03 Å². The molecule has 1 fully saturated rings. The Balaban J connectivity index is 1.47. The van der Waals surface area contributed by atoms with Crippen molar-refractivity contribution in [2.45, 2.75) is 26.3 Å². The van der Waals surface area contributed by atoms with Gasteiger partial charge in [0.05, 0.1) is 11.6 Å². The zero-order valence-corrected chi connectivity index (χ0v) is 13.6. The molecule has 0 spiro atoms. The summed E-state index contributed by atoms with van der Waals surface area (Å²) in [6, 6.07) is 6.81. The van der Waals surface area contributed by atoms with E-state index in [2.05, 4.69) is 20.9 Å². The van der Waals surface area contributed by atoms with E-state index in [1.54, 1.807) is 41.8 Å². The number of carbonyl (C=O) groups is 2. The van der Waals surface area contributed by atoms with Crippen molar-refractivity contribution < 1.29 is 9.59 Å². The molecule has 3 N–H and O–H groups in total. The molecular formula is C16H18N4O2S. The van der Waals surface area contributed by atoms with Crippen molar-refractivity contribution in [3.05, 3.63) is 40.3 Å². The van der Waals surface area contributed by atoms with Gasteiger partial charge < -0.3 is 16.0 Å². The Morgan fingerprint density at radius 2 is 1.83 bits per heavy atom. The van der Waals surface area contributed by atoms with E-state index in [0.717, 1.165) is 28.4 Å². The average molecular weight is 330 g/mol. The molecular weight excluding hydrogens is 312 g/mol. The highest BCUT2D eigenvalue weighted by atomic mass is 32.1. The van der Waals surface area contributed by atoms with Crippen LogP contribution in [0.1, 0.15) is 22.7 Å². The summed E-state index contributed by atoms with van der Waals surface area (Å²) >= 11 is 1.56. The number of benzene rings is 1. The van der Waals surface area contributed by atoms with Gasteiger partial charge in [0.1, 0.15) is 0 Å². The Hall–Kier alpha value is -2.41. The van der Waals surface area contributed by atoms with E-state index in [1.807, 2.05) is 6.92 Å². The van der Waals surface area contributed by atoms with Crippen LogP contribution in [0.2, 0.25) is 0 Å². The first-order valence-electron chi connectivity index (χ1n) is 7.47. The molecule has 1 heterocycles. The molecule has 1 aliphatic carbocycles. The number of hydrogen-bond donors (Lipinski definition) is 3. The van der Waals surface area contributed by atoms with Crippen LogP contribution in [-0.4, -0.2) is 16.9 Å². The van der Waals surface area contributed by atoms with Crippen LogP contribution in [0.3, 0.4) is 0 Å². The minimum Gasteiger partial charge on any atom is -0.333 e. The average Bonchev–Trinajstić information content (AvgIpc) is 3.30. The molecule has 0 unspecified atom stereocenters. The lowest BCUT2D eigenvalue weighted by Gasteiger charge is -2.08. The molecule has 1 aromatic heterocycles. The van der Waals surface area contributed by atoms with Crippen molar-refractivity contribution >= 4 is 34.6 Å². The molecule has 2 aromatic rings. The van der Waals surface area contributed by atoms with Crippen molar-refractivity contribution in [1.82, 2.24) is 10.3 Å². The lowest BCUT2D eigenvalue weighted by molar-refractivity contribution is -0.117. The van der Waals surface area contributed by atoms with E-state index in [1.165, 1.54) is 0 Å². The van der Waals surface area contributed by atoms with Gasteiger partial charge in [0.2, 0.25) is 5.91 Å². The summed E-state index contributed by atoms with van der Waals surface area (Å²) in [5.41, 5.74) is 1.42. The molecule has 0 bridgehead atoms. The zero-order chi connectivity index (χ0) is 16.2. The number of hydrogen-bond acceptors (Lipinski definition) is 4. The van der Waals surface area contributed by atoms with Crippen LogP contribution in [0, 0.1) is 12.8 Å². The Morgan fingerprint density at radius 3 is 2.39 bits per heavy atom. The maximum atomic E-state index is 11.8. The van der Waals surface area contributed by atoms with Gasteiger partial charge in [-0.25, -0.2) is 9.78 Å². The molecule has 23 heavy (non-hydrogen) atoms. The summed E-state index contributed by atoms with van der Waals surface area (Å²) in [4.78, 5) is 28.7. The van der Waals surface area contributed by atoms with Gasteiger partial charge in [-0.1, -0.05) is 0 Å². The molecule has 0 atom stereocenters. The van der Waals surface area contributed by atoms with Gasteiger partial charge in [-0.2, -0.15) is 0 Å². The first-order chi connectivity index (χ1) is 11.1. The van der Waals surface area contributed by atoms with Gasteiger partial charge in [0.25, 0.3) is 0 Å². The second-order valence-electron chi connectivity index (χ2n) is 5.49. The largest absolute Gasteiger partial charge is 0.333 e. The van der Waals surface area contributed by atoms with E-state index >= 15 is 0 Å². The third kappa shape index (κ3) is 4.53. The van der Waals surface area contributed by atoms with Crippen molar-refractivity contribution in [2.24, 2.45) is 5.92 Å². The Kier molecular flexibility index (Phi) is 4.57. The highest BCUT2D eigenvalue weighted by Gasteiger charge is 2.29. The summed E-state index contributed by atoms with van der Waals surface area (Å²) in [6.07, 6.45) is 3.72. The number of nitrogens with zero attached hydrogens (tertiary/aromatic N) is 1. The number of carbonyl (C=O) groups excluding carboxylic acids is 2. The number of nitrogens with one attached hydrogen (secondary N) is 3. The van der Waals surface area contributed by atoms with E-state index in [9.17, 15) is 9.59 Å². The highest BCUT2D eigenvalue weighted by Crippen LogP contribution is 2.30. The molecule has 7 heteroatoms. The topological polar surface area (TPSA) is 83.1 Å². The summed E-state index contributed by atoms with van der Waals surface area (Å²) < 4.78 is 0. The monoisotopic (exact) mass is 330 g/mol. The molecule has 0 saturated heterocycles. The molecule has 1 saturated carbocycles. The van der Waals surface area contributed by atoms with Crippen molar-refractivity contribution in [1.29, 1.82) is 0 Å². The molecule has 120 valence electrons. The Bertz CT molecular complexity index is 707. The van der Waals surface area contributed by atoms with E-state index in [-0.39, 0.29) is 17.9 Å². The second kappa shape index (κ2) is 6.78. The summed E-state index contributed by atoms with van der Waals surface area (Å²) in [5.74, 6) is 0.247. The minimum atomic E-state index is -0.272. The van der Waals surface area contributed by atoms with Crippen LogP contribution in [0.15, 0.2) is 30.5 Å². The number of anilines is 2. The van der Waals surface area contributed by atoms with E-state index in [0.29, 0.717) is 12.2 Å². The van der Waals surface area contributed by atoms with Crippen molar-refractivity contribution in [3.63, 3.8) is 0 Å². The highest BCUT2D eigenvalue weighted by molar-refractivity contribution is 7.11. The fourth-order valence-electron chi connectivity index (χ4n) is 2.06. The Morgan fingerprint density at radius 1 is 1.17 bits per heavy atom. The third-order valence-electron chi connectivity index (χ3n) is 3.45. The van der Waals surface area contributed by atoms with Crippen LogP contribution in [0.4, 0.5) is 16.2 Å². The van der Waals surface area contributed by atoms with Crippen LogP contribution < -0.4 is 16.0 Å². The maximum Gasteiger partial charge on any atom is 0.319 e. The first-order valence-corrected chi connectivity index (χ1v) is 8.29. The fraction of sp³-hybridized carbons (Fsp3) is 0.312. The summed E-state index contributed by atoms with van der Waals surface area (Å²) in [7, 11) is 0. The van der Waals surface area contributed by atoms with E-state index in [4.69, 9.17) is 0 Å². The van der Waals surface area contributed by atoms with Crippen molar-refractivity contribution in [2.75, 3.05) is 10.6 Å². The van der Waals surface area contributed by atoms with Crippen LogP contribution in [0.25, 0.3) is 0 Å². The van der Waals surface area contributed by atoms with Crippen LogP contribution in [-0.2, 0) is 11.3 Å². The first kappa shape index (κ1) is 15.5. The van der Waals surface area contributed by atoms with Gasteiger partial charge in [0, 0.05) is 28.4 Å². The quantitative estimate of drug-likeness (QED) is 0.787. The molecule has 3 amide bonds. The fourth-order valence-corrected chi connectivity index (χ4v) is 2.79. The molecule has 0 radical (unpaired) electrons. The second-order valence-corrected chi connectivity index (χ2v) is 6.81. The number of aryl methyl sites for hydroxylation is 1. The molecule has 1 aromatic carbocycles. The smallest absolute Gasteiger partial charge is 0.319 e. The molecule has 3 rings (SSSR count). The predicted molar refractivity (Wildman–Crippen MR) is 90.5 cm³/mol. The van der Waals surface area contributed by atoms with Crippen LogP contribution in [0.5, 0.6) is 0 Å². The van der Waals surface area contributed by atoms with Gasteiger partial charge in [0.15, 0.2) is 0 Å². The standard InChI is InChI=1S/C16H18N4O2S/c1-10-17-8-14(23-10)9-18-16(22)20-13-6-4-12(5-7-13)19-15(21)11-2-3-11/h4-8,11H,2-3,9H2,1H3,(H,19,21)(H2,18,20,22). The SMILES string of the molecule is Cc1ncc(CNC(=O)Nc2ccc(NC(=O)C3CC3)cc2)s1. The Labute approximate surface area is 138 Å². The molecule has 1 aliphatic rings. The summed E-state index contributed by atoms with van der Waals surface area (Å²) in [6.45, 7) is 2.38. The number of aromatic nitrogens is 1. The number of urea groups is 1. The van der Waals surface area contributed by atoms with Crippen LogP contribution >= 0.6 is 11.3 Å². The van der Waals surface area contributed by atoms with Gasteiger partial charge in [-0.3, -0.25) is 4.79 Å². The van der Waals surface area contributed by atoms with Gasteiger partial charge in [-0.05, 0) is 44.0 Å². The lowest BCUT2D eigenvalue weighted by atomic mass is 10.2. The normalized spacial score (nSPS) is 13.4. The predicted octanol–water partition coefficient (Wildman–Crippen LogP) is 3.12. The van der Waals surface area contributed by atoms with Gasteiger partial charge in [-0.15, -0.1) is 11.3 Å². The third-order valence-corrected chi connectivity index (χ3v) is 4.36. The number of amides is 3. The van der Waals surface area contributed by atoms with Crippen molar-refractivity contribution in [3.8, 4) is 0 Å². The summed E-state index contributed by atoms with van der Waals surface area (Å²) in [5, 5.41) is 9.38. The minimum absolute atomic E-state index is 0.0725. The van der Waals surface area contributed by atoms with E-state index < -0.39 is 0 Å². The number of thiazole rings is 1. The molecule has 0 aliphatic heterocycles. The maximum absolute atomic E-state index is 11.8. The lowest BCUT2D eigenvalue weighted by Crippen LogP contribution is -2.27. The molecule has 6 nitrogen and oxygen atoms in total. The zero-order valence-electron chi connectivity index (χ0n) is 12.8. The number of rotatable bonds is 5.